The molecule has 0 amide bonds. The molecule has 3 aromatic rings. The number of benzene rings is 1. The molecule has 0 saturated carbocycles. The minimum absolute atomic E-state index is 0.647. The number of hydrogen-bond donors (Lipinski definition) is 1. The molecule has 3 rings (SSSR count). The molecule has 0 aliphatic carbocycles. The SMILES string of the molecule is Brc1ccc(CNc2ccc(-n3cncn3)cc2)o1. The number of rotatable bonds is 4. The molecular weight excluding hydrogens is 308 g/mol. The highest BCUT2D eigenvalue weighted by molar-refractivity contribution is 9.10. The van der Waals surface area contributed by atoms with E-state index in [0.717, 1.165) is 21.8 Å². The Labute approximate surface area is 118 Å². The fourth-order valence-electron chi connectivity index (χ4n) is 1.71. The van der Waals surface area contributed by atoms with E-state index in [1.165, 1.54) is 6.33 Å². The van der Waals surface area contributed by atoms with Crippen LogP contribution in [-0.4, -0.2) is 14.8 Å². The molecule has 0 radical (unpaired) electrons. The molecule has 6 heteroatoms. The molecule has 0 fully saturated rings. The third-order valence-corrected chi connectivity index (χ3v) is 3.07. The number of hydrogen-bond acceptors (Lipinski definition) is 4. The molecule has 0 atom stereocenters. The zero-order valence-electron chi connectivity index (χ0n) is 9.95. The van der Waals surface area contributed by atoms with Crippen LogP contribution in [0.25, 0.3) is 5.69 Å². The largest absolute Gasteiger partial charge is 0.452 e. The van der Waals surface area contributed by atoms with Crippen LogP contribution in [0.5, 0.6) is 0 Å². The summed E-state index contributed by atoms with van der Waals surface area (Å²) in [5.41, 5.74) is 2.00. The Morgan fingerprint density at radius 3 is 2.63 bits per heavy atom. The van der Waals surface area contributed by atoms with Gasteiger partial charge in [-0.15, -0.1) is 0 Å². The molecule has 0 spiro atoms. The maximum Gasteiger partial charge on any atom is 0.169 e. The van der Waals surface area contributed by atoms with E-state index in [2.05, 4.69) is 31.3 Å². The lowest BCUT2D eigenvalue weighted by atomic mass is 10.3. The monoisotopic (exact) mass is 318 g/mol. The molecule has 2 heterocycles. The van der Waals surface area contributed by atoms with Crippen LogP contribution in [0.3, 0.4) is 0 Å². The Kier molecular flexibility index (Phi) is 3.33. The van der Waals surface area contributed by atoms with Crippen LogP contribution >= 0.6 is 15.9 Å². The quantitative estimate of drug-likeness (QED) is 0.802. The van der Waals surface area contributed by atoms with Gasteiger partial charge in [-0.25, -0.2) is 9.67 Å². The maximum atomic E-state index is 5.42. The summed E-state index contributed by atoms with van der Waals surface area (Å²) in [7, 11) is 0. The van der Waals surface area contributed by atoms with Crippen molar-refractivity contribution in [2.45, 2.75) is 6.54 Å². The number of anilines is 1. The molecule has 0 unspecified atom stereocenters. The predicted octanol–water partition coefficient (Wildman–Crippen LogP) is 3.23. The van der Waals surface area contributed by atoms with Gasteiger partial charge in [-0.3, -0.25) is 0 Å². The summed E-state index contributed by atoms with van der Waals surface area (Å²) >= 11 is 3.28. The predicted molar refractivity (Wildman–Crippen MR) is 75.1 cm³/mol. The summed E-state index contributed by atoms with van der Waals surface area (Å²) in [6.45, 7) is 0.647. The Morgan fingerprint density at radius 1 is 1.16 bits per heavy atom. The topological polar surface area (TPSA) is 55.9 Å². The molecule has 1 aromatic carbocycles. The van der Waals surface area contributed by atoms with E-state index in [-0.39, 0.29) is 0 Å². The van der Waals surface area contributed by atoms with E-state index < -0.39 is 0 Å². The second-order valence-corrected chi connectivity index (χ2v) is 4.73. The molecule has 0 saturated heterocycles. The van der Waals surface area contributed by atoms with Crippen molar-refractivity contribution in [3.63, 3.8) is 0 Å². The summed E-state index contributed by atoms with van der Waals surface area (Å²) in [6, 6.07) is 11.8. The van der Waals surface area contributed by atoms with Crippen molar-refractivity contribution in [2.24, 2.45) is 0 Å². The number of nitrogens with zero attached hydrogens (tertiary/aromatic N) is 3. The first-order valence-electron chi connectivity index (χ1n) is 5.74. The third-order valence-electron chi connectivity index (χ3n) is 2.65. The average molecular weight is 319 g/mol. The summed E-state index contributed by atoms with van der Waals surface area (Å²) in [6.07, 6.45) is 3.18. The highest BCUT2D eigenvalue weighted by atomic mass is 79.9. The number of furan rings is 1. The lowest BCUT2D eigenvalue weighted by molar-refractivity contribution is 0.495. The van der Waals surface area contributed by atoms with Gasteiger partial charge >= 0.3 is 0 Å². The number of halogens is 1. The first kappa shape index (κ1) is 12.0. The number of nitrogens with one attached hydrogen (secondary N) is 1. The van der Waals surface area contributed by atoms with Crippen molar-refractivity contribution in [1.82, 2.24) is 14.8 Å². The van der Waals surface area contributed by atoms with Gasteiger partial charge in [-0.1, -0.05) is 0 Å². The molecule has 2 aromatic heterocycles. The lowest BCUT2D eigenvalue weighted by Gasteiger charge is -2.06. The van der Waals surface area contributed by atoms with E-state index in [1.807, 2.05) is 36.4 Å². The van der Waals surface area contributed by atoms with Crippen LogP contribution in [0.1, 0.15) is 5.76 Å². The van der Waals surface area contributed by atoms with Crippen LogP contribution in [0.15, 0.2) is 58.1 Å². The van der Waals surface area contributed by atoms with Gasteiger partial charge in [0.1, 0.15) is 18.4 Å². The molecule has 96 valence electrons. The molecule has 0 aliphatic heterocycles. The van der Waals surface area contributed by atoms with Crippen molar-refractivity contribution in [1.29, 1.82) is 0 Å². The normalized spacial score (nSPS) is 10.6. The minimum atomic E-state index is 0.647. The van der Waals surface area contributed by atoms with Crippen LogP contribution in [0, 0.1) is 0 Å². The van der Waals surface area contributed by atoms with Crippen molar-refractivity contribution < 1.29 is 4.42 Å². The van der Waals surface area contributed by atoms with Crippen LogP contribution in [0.2, 0.25) is 0 Å². The first-order valence-corrected chi connectivity index (χ1v) is 6.54. The second kappa shape index (κ2) is 5.27. The van der Waals surface area contributed by atoms with Crippen molar-refractivity contribution >= 4 is 21.6 Å². The molecule has 0 aliphatic rings. The van der Waals surface area contributed by atoms with Crippen molar-refractivity contribution in [3.8, 4) is 5.69 Å². The smallest absolute Gasteiger partial charge is 0.169 e. The van der Waals surface area contributed by atoms with Crippen LogP contribution in [0.4, 0.5) is 5.69 Å². The van der Waals surface area contributed by atoms with Gasteiger partial charge in [0, 0.05) is 5.69 Å². The van der Waals surface area contributed by atoms with Crippen LogP contribution in [-0.2, 0) is 6.54 Å². The minimum Gasteiger partial charge on any atom is -0.452 e. The average Bonchev–Trinajstić information content (AvgIpc) is 3.08. The number of aromatic nitrogens is 3. The first-order chi connectivity index (χ1) is 9.31. The van der Waals surface area contributed by atoms with Gasteiger partial charge < -0.3 is 9.73 Å². The van der Waals surface area contributed by atoms with E-state index in [4.69, 9.17) is 4.42 Å². The summed E-state index contributed by atoms with van der Waals surface area (Å²) in [4.78, 5) is 3.92. The van der Waals surface area contributed by atoms with E-state index in [9.17, 15) is 0 Å². The van der Waals surface area contributed by atoms with Gasteiger partial charge in [-0.2, -0.15) is 5.10 Å². The highest BCUT2D eigenvalue weighted by Crippen LogP contribution is 2.17. The Hall–Kier alpha value is -2.08. The molecule has 5 nitrogen and oxygen atoms in total. The summed E-state index contributed by atoms with van der Waals surface area (Å²) in [5.74, 6) is 0.882. The fraction of sp³-hybridized carbons (Fsp3) is 0.0769. The van der Waals surface area contributed by atoms with Gasteiger partial charge in [0.2, 0.25) is 0 Å². The van der Waals surface area contributed by atoms with E-state index in [0.29, 0.717) is 6.54 Å². The Morgan fingerprint density at radius 2 is 2.00 bits per heavy atom. The van der Waals surface area contributed by atoms with Gasteiger partial charge in [0.05, 0.1) is 12.2 Å². The summed E-state index contributed by atoms with van der Waals surface area (Å²) < 4.78 is 7.88. The zero-order valence-corrected chi connectivity index (χ0v) is 11.5. The van der Waals surface area contributed by atoms with E-state index in [1.54, 1.807) is 11.0 Å². The third kappa shape index (κ3) is 2.85. The molecule has 0 bridgehead atoms. The van der Waals surface area contributed by atoms with Crippen molar-refractivity contribution in [2.75, 3.05) is 5.32 Å². The summed E-state index contributed by atoms with van der Waals surface area (Å²) in [5, 5.41) is 7.36. The van der Waals surface area contributed by atoms with Gasteiger partial charge in [0.25, 0.3) is 0 Å². The fourth-order valence-corrected chi connectivity index (χ4v) is 2.05. The van der Waals surface area contributed by atoms with Gasteiger partial charge in [0.15, 0.2) is 4.67 Å². The van der Waals surface area contributed by atoms with Crippen LogP contribution < -0.4 is 5.32 Å². The highest BCUT2D eigenvalue weighted by Gasteiger charge is 2.00. The molecule has 1 N–H and O–H groups in total. The van der Waals surface area contributed by atoms with Gasteiger partial charge in [-0.05, 0) is 52.3 Å². The van der Waals surface area contributed by atoms with Crippen molar-refractivity contribution in [3.05, 3.63) is 59.5 Å². The molecule has 19 heavy (non-hydrogen) atoms. The standard InChI is InChI=1S/C13H11BrN4O/c14-13-6-5-12(19-13)7-16-10-1-3-11(4-2-10)18-9-15-8-17-18/h1-6,8-9,16H,7H2. The Bertz CT molecular complexity index is 646. The zero-order chi connectivity index (χ0) is 13.1. The maximum absolute atomic E-state index is 5.42. The Balaban J connectivity index is 1.66. The second-order valence-electron chi connectivity index (χ2n) is 3.95. The van der Waals surface area contributed by atoms with E-state index >= 15 is 0 Å². The lowest BCUT2D eigenvalue weighted by Crippen LogP contribution is -1.99. The molecular formula is C13H11BrN4O.